The van der Waals surface area contributed by atoms with Crippen molar-refractivity contribution >= 4 is 56.6 Å². The van der Waals surface area contributed by atoms with Crippen LogP contribution in [0.1, 0.15) is 11.3 Å². The number of hydrogen-bond acceptors (Lipinski definition) is 5. The fraction of sp³-hybridized carbons (Fsp3) is 0.150. The smallest absolute Gasteiger partial charge is 0.229 e. The van der Waals surface area contributed by atoms with Gasteiger partial charge in [-0.3, -0.25) is 4.79 Å². The quantitative estimate of drug-likeness (QED) is 0.435. The fourth-order valence-electron chi connectivity index (χ4n) is 2.84. The van der Waals surface area contributed by atoms with Gasteiger partial charge in [-0.05, 0) is 43.0 Å². The number of benzene rings is 2. The molecule has 4 aromatic rings. The van der Waals surface area contributed by atoms with Gasteiger partial charge in [0.05, 0.1) is 21.8 Å². The lowest BCUT2D eigenvalue weighted by Gasteiger charge is -2.07. The highest BCUT2D eigenvalue weighted by Gasteiger charge is 2.15. The molecule has 0 radical (unpaired) electrons. The molecule has 0 atom stereocenters. The van der Waals surface area contributed by atoms with Crippen LogP contribution in [0.25, 0.3) is 15.3 Å². The molecule has 0 fully saturated rings. The van der Waals surface area contributed by atoms with Crippen LogP contribution in [-0.4, -0.2) is 26.9 Å². The first kappa shape index (κ1) is 19.0. The number of thioether (sulfide) groups is 1. The van der Waals surface area contributed by atoms with E-state index in [0.29, 0.717) is 22.4 Å². The molecule has 2 heterocycles. The summed E-state index contributed by atoms with van der Waals surface area (Å²) in [6, 6.07) is 15.5. The number of carbonyl (C=O) groups is 1. The van der Waals surface area contributed by atoms with E-state index >= 15 is 0 Å². The molecule has 1 N–H and O–H groups in total. The Bertz CT molecular complexity index is 1150. The Balaban J connectivity index is 1.58. The van der Waals surface area contributed by atoms with Crippen molar-refractivity contribution in [2.24, 2.45) is 0 Å². The van der Waals surface area contributed by atoms with Crippen LogP contribution in [0.3, 0.4) is 0 Å². The van der Waals surface area contributed by atoms with E-state index in [1.165, 1.54) is 16.2 Å². The first-order valence-electron chi connectivity index (χ1n) is 8.58. The van der Waals surface area contributed by atoms with Gasteiger partial charge >= 0.3 is 0 Å². The zero-order valence-corrected chi connectivity index (χ0v) is 17.7. The second kappa shape index (κ2) is 7.95. The van der Waals surface area contributed by atoms with Crippen molar-refractivity contribution < 1.29 is 4.79 Å². The molecule has 0 saturated heterocycles. The summed E-state index contributed by atoms with van der Waals surface area (Å²) in [6.45, 7) is 1.88. The summed E-state index contributed by atoms with van der Waals surface area (Å²) in [5.41, 5.74) is 2.50. The highest BCUT2D eigenvalue weighted by atomic mass is 35.5. The molecule has 0 aliphatic heterocycles. The first-order valence-corrected chi connectivity index (χ1v) is 11.0. The normalized spacial score (nSPS) is 11.1. The van der Waals surface area contributed by atoms with Crippen molar-refractivity contribution in [1.82, 2.24) is 14.8 Å². The first-order chi connectivity index (χ1) is 13.5. The zero-order valence-electron chi connectivity index (χ0n) is 15.3. The lowest BCUT2D eigenvalue weighted by molar-refractivity contribution is -0.115. The van der Waals surface area contributed by atoms with E-state index in [4.69, 9.17) is 11.6 Å². The number of aromatic nitrogens is 3. The largest absolute Gasteiger partial charge is 0.310 e. The van der Waals surface area contributed by atoms with Crippen LogP contribution >= 0.6 is 34.7 Å². The molecular weight excluding hydrogens is 412 g/mol. The SMILES string of the molecule is CSc1ccc(CC(=O)Nc2cc(C)nn2-c2nc3c(Cl)cccc3s2)cc1. The summed E-state index contributed by atoms with van der Waals surface area (Å²) in [5, 5.41) is 8.71. The number of aryl methyl sites for hydroxylation is 1. The molecule has 0 spiro atoms. The number of thiazole rings is 1. The Labute approximate surface area is 175 Å². The zero-order chi connectivity index (χ0) is 19.7. The lowest BCUT2D eigenvalue weighted by Crippen LogP contribution is -2.17. The molecule has 2 aromatic heterocycles. The molecule has 5 nitrogen and oxygen atoms in total. The topological polar surface area (TPSA) is 59.8 Å². The van der Waals surface area contributed by atoms with Gasteiger partial charge in [0.2, 0.25) is 11.0 Å². The van der Waals surface area contributed by atoms with Gasteiger partial charge in [-0.15, -0.1) is 11.8 Å². The maximum atomic E-state index is 12.6. The number of nitrogens with one attached hydrogen (secondary N) is 1. The maximum absolute atomic E-state index is 12.6. The minimum absolute atomic E-state index is 0.0998. The van der Waals surface area contributed by atoms with E-state index in [-0.39, 0.29) is 5.91 Å². The van der Waals surface area contributed by atoms with Crippen molar-refractivity contribution in [1.29, 1.82) is 0 Å². The molecule has 0 bridgehead atoms. The molecule has 1 amide bonds. The molecule has 4 rings (SSSR count). The Morgan fingerprint density at radius 1 is 1.25 bits per heavy atom. The van der Waals surface area contributed by atoms with E-state index in [0.717, 1.165) is 21.5 Å². The highest BCUT2D eigenvalue weighted by Crippen LogP contribution is 2.31. The average molecular weight is 429 g/mol. The second-order valence-corrected chi connectivity index (χ2v) is 8.53. The van der Waals surface area contributed by atoms with Crippen LogP contribution in [0.15, 0.2) is 53.4 Å². The summed E-state index contributed by atoms with van der Waals surface area (Å²) >= 11 is 9.40. The maximum Gasteiger partial charge on any atom is 0.229 e. The summed E-state index contributed by atoms with van der Waals surface area (Å²) in [5.74, 6) is 0.496. The number of nitrogens with zero attached hydrogens (tertiary/aromatic N) is 3. The van der Waals surface area contributed by atoms with Gasteiger partial charge in [0.15, 0.2) is 0 Å². The molecular formula is C20H17ClN4OS2. The third kappa shape index (κ3) is 3.92. The van der Waals surface area contributed by atoms with Gasteiger partial charge in [0, 0.05) is 11.0 Å². The molecule has 0 aliphatic carbocycles. The Kier molecular flexibility index (Phi) is 5.39. The van der Waals surface area contributed by atoms with Crippen molar-refractivity contribution in [3.8, 4) is 5.13 Å². The summed E-state index contributed by atoms with van der Waals surface area (Å²) in [4.78, 5) is 18.3. The van der Waals surface area contributed by atoms with Crippen molar-refractivity contribution in [3.05, 3.63) is 64.8 Å². The van der Waals surface area contributed by atoms with Crippen molar-refractivity contribution in [2.45, 2.75) is 18.2 Å². The van der Waals surface area contributed by atoms with Crippen LogP contribution in [0.5, 0.6) is 0 Å². The number of carbonyl (C=O) groups excluding carboxylic acids is 1. The van der Waals surface area contributed by atoms with E-state index in [2.05, 4.69) is 15.4 Å². The molecule has 0 unspecified atom stereocenters. The van der Waals surface area contributed by atoms with Crippen molar-refractivity contribution in [2.75, 3.05) is 11.6 Å². The predicted octanol–water partition coefficient (Wildman–Crippen LogP) is 5.35. The van der Waals surface area contributed by atoms with Gasteiger partial charge in [-0.1, -0.05) is 41.1 Å². The van der Waals surface area contributed by atoms with Crippen LogP contribution in [0.4, 0.5) is 5.82 Å². The van der Waals surface area contributed by atoms with E-state index < -0.39 is 0 Å². The molecule has 2 aromatic carbocycles. The third-order valence-electron chi connectivity index (χ3n) is 4.16. The van der Waals surface area contributed by atoms with E-state index in [1.807, 2.05) is 61.7 Å². The van der Waals surface area contributed by atoms with E-state index in [1.54, 1.807) is 16.4 Å². The molecule has 0 aliphatic rings. The van der Waals surface area contributed by atoms with Crippen LogP contribution in [-0.2, 0) is 11.2 Å². The molecule has 142 valence electrons. The van der Waals surface area contributed by atoms with Gasteiger partial charge in [-0.25, -0.2) is 4.98 Å². The third-order valence-corrected chi connectivity index (χ3v) is 6.21. The van der Waals surface area contributed by atoms with Gasteiger partial charge in [0.1, 0.15) is 11.3 Å². The highest BCUT2D eigenvalue weighted by molar-refractivity contribution is 7.98. The van der Waals surface area contributed by atoms with Crippen LogP contribution < -0.4 is 5.32 Å². The number of anilines is 1. The van der Waals surface area contributed by atoms with Gasteiger partial charge in [-0.2, -0.15) is 9.78 Å². The van der Waals surface area contributed by atoms with Gasteiger partial charge < -0.3 is 5.32 Å². The Morgan fingerprint density at radius 3 is 2.75 bits per heavy atom. The van der Waals surface area contributed by atoms with E-state index in [9.17, 15) is 4.79 Å². The predicted molar refractivity (Wildman–Crippen MR) is 117 cm³/mol. The molecule has 8 heteroatoms. The average Bonchev–Trinajstić information content (AvgIpc) is 3.26. The monoisotopic (exact) mass is 428 g/mol. The number of fused-ring (bicyclic) bond motifs is 1. The molecule has 28 heavy (non-hydrogen) atoms. The van der Waals surface area contributed by atoms with Crippen LogP contribution in [0.2, 0.25) is 5.02 Å². The second-order valence-electron chi connectivity index (χ2n) is 6.24. The Hall–Kier alpha value is -2.35. The number of amides is 1. The minimum Gasteiger partial charge on any atom is -0.310 e. The number of para-hydroxylation sites is 1. The Morgan fingerprint density at radius 2 is 2.04 bits per heavy atom. The summed E-state index contributed by atoms with van der Waals surface area (Å²) in [6.07, 6.45) is 2.32. The fourth-order valence-corrected chi connectivity index (χ4v) is 4.48. The summed E-state index contributed by atoms with van der Waals surface area (Å²) in [7, 11) is 0. The standard InChI is InChI=1S/C20H17ClN4OS2/c1-12-10-17(22-18(26)11-13-6-8-14(27-2)9-7-13)25(24-12)20-23-19-15(21)4-3-5-16(19)28-20/h3-10H,11H2,1-2H3,(H,22,26). The lowest BCUT2D eigenvalue weighted by atomic mass is 10.1. The number of rotatable bonds is 5. The van der Waals surface area contributed by atoms with Crippen molar-refractivity contribution in [3.63, 3.8) is 0 Å². The number of halogens is 1. The summed E-state index contributed by atoms with van der Waals surface area (Å²) < 4.78 is 2.63. The van der Waals surface area contributed by atoms with Crippen LogP contribution in [0, 0.1) is 6.92 Å². The van der Waals surface area contributed by atoms with Gasteiger partial charge in [0.25, 0.3) is 0 Å². The minimum atomic E-state index is -0.0998. The number of hydrogen-bond donors (Lipinski definition) is 1. The molecule has 0 saturated carbocycles.